The van der Waals surface area contributed by atoms with Gasteiger partial charge in [0.25, 0.3) is 5.91 Å². The largest absolute Gasteiger partial charge is 0.331 e. The highest BCUT2D eigenvalue weighted by Crippen LogP contribution is 2.21. The highest BCUT2D eigenvalue weighted by atomic mass is 32.2. The molecular formula is C17H19FN4O3S2. The molecule has 7 nitrogen and oxygen atoms in total. The van der Waals surface area contributed by atoms with Crippen LogP contribution in [0.3, 0.4) is 0 Å². The number of nitrogens with zero attached hydrogens (tertiary/aromatic N) is 1. The van der Waals surface area contributed by atoms with Gasteiger partial charge in [-0.2, -0.15) is 0 Å². The number of hydrogen-bond acceptors (Lipinski definition) is 4. The summed E-state index contributed by atoms with van der Waals surface area (Å²) < 4.78 is 38.1. The number of aryl methyl sites for hydroxylation is 1. The van der Waals surface area contributed by atoms with Crippen molar-refractivity contribution < 1.29 is 17.6 Å². The SMILES string of the molecule is Cc1ccccc1N(CC(=O)NNC(=S)Nc1ccc(F)cc1)S(C)(=O)=O. The first-order valence-electron chi connectivity index (χ1n) is 7.81. The van der Waals surface area contributed by atoms with Gasteiger partial charge in [-0.25, -0.2) is 12.8 Å². The van der Waals surface area contributed by atoms with Crippen LogP contribution in [0.5, 0.6) is 0 Å². The first kappa shape index (κ1) is 20.6. The predicted octanol–water partition coefficient (Wildman–Crippen LogP) is 1.92. The lowest BCUT2D eigenvalue weighted by Crippen LogP contribution is -2.48. The molecule has 2 rings (SSSR count). The molecule has 2 aromatic rings. The van der Waals surface area contributed by atoms with E-state index in [9.17, 15) is 17.6 Å². The maximum atomic E-state index is 12.9. The minimum atomic E-state index is -3.67. The molecule has 0 heterocycles. The van der Waals surface area contributed by atoms with Gasteiger partial charge in [0, 0.05) is 5.69 Å². The fourth-order valence-electron chi connectivity index (χ4n) is 2.22. The van der Waals surface area contributed by atoms with Crippen LogP contribution in [0.4, 0.5) is 15.8 Å². The van der Waals surface area contributed by atoms with Crippen LogP contribution in [0.25, 0.3) is 0 Å². The Morgan fingerprint density at radius 2 is 1.74 bits per heavy atom. The molecule has 27 heavy (non-hydrogen) atoms. The van der Waals surface area contributed by atoms with Gasteiger partial charge in [-0.1, -0.05) is 18.2 Å². The van der Waals surface area contributed by atoms with Gasteiger partial charge < -0.3 is 5.32 Å². The summed E-state index contributed by atoms with van der Waals surface area (Å²) in [5.41, 5.74) is 6.47. The van der Waals surface area contributed by atoms with Crippen molar-refractivity contribution in [1.82, 2.24) is 10.9 Å². The number of nitrogens with one attached hydrogen (secondary N) is 3. The summed E-state index contributed by atoms with van der Waals surface area (Å²) in [5, 5.41) is 2.82. The van der Waals surface area contributed by atoms with E-state index in [0.29, 0.717) is 11.4 Å². The van der Waals surface area contributed by atoms with E-state index in [1.54, 1.807) is 31.2 Å². The number of halogens is 1. The van der Waals surface area contributed by atoms with Gasteiger partial charge in [-0.15, -0.1) is 0 Å². The zero-order valence-corrected chi connectivity index (χ0v) is 16.3. The van der Waals surface area contributed by atoms with Crippen LogP contribution in [-0.2, 0) is 14.8 Å². The quantitative estimate of drug-likeness (QED) is 0.515. The second-order valence-electron chi connectivity index (χ2n) is 5.69. The molecule has 0 atom stereocenters. The van der Waals surface area contributed by atoms with Crippen LogP contribution in [0.15, 0.2) is 48.5 Å². The molecular weight excluding hydrogens is 391 g/mol. The van der Waals surface area contributed by atoms with Gasteiger partial charge in [0.1, 0.15) is 12.4 Å². The average Bonchev–Trinajstić information content (AvgIpc) is 2.60. The highest BCUT2D eigenvalue weighted by molar-refractivity contribution is 7.92. The molecule has 0 saturated heterocycles. The van der Waals surface area contributed by atoms with Gasteiger partial charge >= 0.3 is 0 Å². The third kappa shape index (κ3) is 6.19. The molecule has 0 fully saturated rings. The number of benzene rings is 2. The Labute approximate surface area is 162 Å². The zero-order valence-electron chi connectivity index (χ0n) is 14.7. The number of para-hydroxylation sites is 1. The molecule has 0 saturated carbocycles. The standard InChI is InChI=1S/C17H19FN4O3S2/c1-12-5-3-4-6-15(12)22(27(2,24)25)11-16(23)20-21-17(26)19-14-9-7-13(18)8-10-14/h3-10H,11H2,1-2H3,(H,20,23)(H2,19,21,26). The van der Waals surface area contributed by atoms with Crippen molar-refractivity contribution in [2.75, 3.05) is 22.4 Å². The van der Waals surface area contributed by atoms with Crippen LogP contribution < -0.4 is 20.5 Å². The van der Waals surface area contributed by atoms with E-state index in [0.717, 1.165) is 16.1 Å². The van der Waals surface area contributed by atoms with Crippen LogP contribution in [0.2, 0.25) is 0 Å². The Morgan fingerprint density at radius 1 is 1.11 bits per heavy atom. The van der Waals surface area contributed by atoms with Gasteiger partial charge in [0.15, 0.2) is 5.11 Å². The van der Waals surface area contributed by atoms with Crippen molar-refractivity contribution in [3.8, 4) is 0 Å². The summed E-state index contributed by atoms with van der Waals surface area (Å²) in [6.07, 6.45) is 1.03. The van der Waals surface area contributed by atoms with Crippen molar-refractivity contribution in [1.29, 1.82) is 0 Å². The second kappa shape index (κ2) is 8.78. The molecule has 144 valence electrons. The Bertz CT molecular complexity index is 933. The zero-order chi connectivity index (χ0) is 20.0. The topological polar surface area (TPSA) is 90.5 Å². The van der Waals surface area contributed by atoms with E-state index in [4.69, 9.17) is 12.2 Å². The van der Waals surface area contributed by atoms with Crippen molar-refractivity contribution in [3.63, 3.8) is 0 Å². The van der Waals surface area contributed by atoms with Crippen molar-refractivity contribution in [3.05, 3.63) is 59.9 Å². The monoisotopic (exact) mass is 410 g/mol. The number of rotatable bonds is 5. The van der Waals surface area contributed by atoms with E-state index in [-0.39, 0.29) is 10.9 Å². The molecule has 3 N–H and O–H groups in total. The lowest BCUT2D eigenvalue weighted by Gasteiger charge is -2.23. The smallest absolute Gasteiger partial charge is 0.259 e. The molecule has 0 unspecified atom stereocenters. The minimum absolute atomic E-state index is 0.0664. The van der Waals surface area contributed by atoms with E-state index in [2.05, 4.69) is 16.2 Å². The Balaban J connectivity index is 1.97. The molecule has 10 heteroatoms. The third-order valence-electron chi connectivity index (χ3n) is 3.49. The average molecular weight is 410 g/mol. The maximum Gasteiger partial charge on any atom is 0.259 e. The highest BCUT2D eigenvalue weighted by Gasteiger charge is 2.22. The number of carbonyl (C=O) groups is 1. The fraction of sp³-hybridized carbons (Fsp3) is 0.176. The maximum absolute atomic E-state index is 12.9. The molecule has 0 radical (unpaired) electrons. The van der Waals surface area contributed by atoms with E-state index in [1.807, 2.05) is 0 Å². The Kier molecular flexibility index (Phi) is 6.70. The van der Waals surface area contributed by atoms with Gasteiger partial charge in [-0.3, -0.25) is 20.0 Å². The first-order valence-corrected chi connectivity index (χ1v) is 10.1. The summed E-state index contributed by atoms with van der Waals surface area (Å²) in [6.45, 7) is 1.33. The Morgan fingerprint density at radius 3 is 2.33 bits per heavy atom. The molecule has 2 aromatic carbocycles. The number of hydrazine groups is 1. The summed E-state index contributed by atoms with van der Waals surface area (Å²) >= 11 is 5.03. The van der Waals surface area contributed by atoms with E-state index < -0.39 is 22.5 Å². The van der Waals surface area contributed by atoms with Crippen LogP contribution in [0.1, 0.15) is 5.56 Å². The van der Waals surface area contributed by atoms with Crippen LogP contribution >= 0.6 is 12.2 Å². The van der Waals surface area contributed by atoms with Gasteiger partial charge in [0.2, 0.25) is 10.0 Å². The third-order valence-corrected chi connectivity index (χ3v) is 4.82. The van der Waals surface area contributed by atoms with E-state index in [1.165, 1.54) is 24.3 Å². The molecule has 1 amide bonds. The molecule has 0 bridgehead atoms. The summed E-state index contributed by atoms with van der Waals surface area (Å²) in [6, 6.07) is 12.3. The van der Waals surface area contributed by atoms with E-state index >= 15 is 0 Å². The lowest BCUT2D eigenvalue weighted by atomic mass is 10.2. The normalized spacial score (nSPS) is 10.8. The molecule has 0 aliphatic heterocycles. The first-order chi connectivity index (χ1) is 12.7. The molecule has 0 aliphatic carbocycles. The number of sulfonamides is 1. The molecule has 0 aromatic heterocycles. The van der Waals surface area contributed by atoms with Crippen molar-refractivity contribution in [2.45, 2.75) is 6.92 Å². The second-order valence-corrected chi connectivity index (χ2v) is 8.01. The molecule has 0 spiro atoms. The number of amides is 1. The summed E-state index contributed by atoms with van der Waals surface area (Å²) in [4.78, 5) is 12.2. The van der Waals surface area contributed by atoms with Gasteiger partial charge in [0.05, 0.1) is 11.9 Å². The summed E-state index contributed by atoms with van der Waals surface area (Å²) in [5.74, 6) is -0.989. The van der Waals surface area contributed by atoms with Crippen LogP contribution in [-0.4, -0.2) is 32.2 Å². The summed E-state index contributed by atoms with van der Waals surface area (Å²) in [7, 11) is -3.67. The number of carbonyl (C=O) groups excluding carboxylic acids is 1. The fourth-order valence-corrected chi connectivity index (χ4v) is 3.30. The molecule has 0 aliphatic rings. The van der Waals surface area contributed by atoms with Crippen LogP contribution in [0, 0.1) is 12.7 Å². The Hall–Kier alpha value is -2.72. The lowest BCUT2D eigenvalue weighted by molar-refractivity contribution is -0.120. The van der Waals surface area contributed by atoms with Crippen molar-refractivity contribution >= 4 is 44.6 Å². The number of hydrogen-bond donors (Lipinski definition) is 3. The van der Waals surface area contributed by atoms with Gasteiger partial charge in [-0.05, 0) is 55.0 Å². The number of thiocarbonyl (C=S) groups is 1. The minimum Gasteiger partial charge on any atom is -0.331 e. The van der Waals surface area contributed by atoms with Crippen molar-refractivity contribution in [2.24, 2.45) is 0 Å². The number of anilines is 2. The predicted molar refractivity (Wildman–Crippen MR) is 107 cm³/mol.